The molecule has 0 aliphatic carbocycles. The van der Waals surface area contributed by atoms with Crippen molar-refractivity contribution in [3.05, 3.63) is 34.3 Å². The van der Waals surface area contributed by atoms with Gasteiger partial charge in [0.25, 0.3) is 5.91 Å². The zero-order valence-electron chi connectivity index (χ0n) is 11.3. The molecule has 4 nitrogen and oxygen atoms in total. The predicted octanol–water partition coefficient (Wildman–Crippen LogP) is 2.04. The van der Waals surface area contributed by atoms with Crippen molar-refractivity contribution in [3.63, 3.8) is 0 Å². The van der Waals surface area contributed by atoms with Gasteiger partial charge in [-0.15, -0.1) is 0 Å². The second kappa shape index (κ2) is 6.24. The highest BCUT2D eigenvalue weighted by Gasteiger charge is 2.32. The van der Waals surface area contributed by atoms with Crippen LogP contribution in [-0.2, 0) is 4.74 Å². The maximum absolute atomic E-state index is 12.1. The second-order valence-electron chi connectivity index (χ2n) is 5.44. The van der Waals surface area contributed by atoms with E-state index >= 15 is 0 Å². The molecule has 0 bridgehead atoms. The lowest BCUT2D eigenvalue weighted by atomic mass is 10.1. The number of fused-ring (bicyclic) bond motifs is 1. The SMILES string of the molecule is O=C(NC[C@H]1CN2CCC[C@@H]2CO1)c1ccccc1Br. The molecule has 2 saturated heterocycles. The van der Waals surface area contributed by atoms with Gasteiger partial charge in [0, 0.05) is 23.6 Å². The number of halogens is 1. The molecular weight excluding hydrogens is 320 g/mol. The molecule has 2 atom stereocenters. The molecular formula is C15H19BrN2O2. The fourth-order valence-corrected chi connectivity index (χ4v) is 3.42. The van der Waals surface area contributed by atoms with Crippen LogP contribution in [-0.4, -0.2) is 49.2 Å². The summed E-state index contributed by atoms with van der Waals surface area (Å²) in [6.07, 6.45) is 2.62. The molecule has 0 radical (unpaired) electrons. The number of morpholine rings is 1. The topological polar surface area (TPSA) is 41.6 Å². The van der Waals surface area contributed by atoms with Crippen molar-refractivity contribution < 1.29 is 9.53 Å². The van der Waals surface area contributed by atoms with Gasteiger partial charge in [-0.3, -0.25) is 9.69 Å². The number of hydrogen-bond acceptors (Lipinski definition) is 3. The standard InChI is InChI=1S/C15H19BrN2O2/c16-14-6-2-1-5-13(14)15(19)17-8-12-9-18-7-3-4-11(18)10-20-12/h1-2,5-6,11-12H,3-4,7-10H2,(H,17,19)/t11-,12+/m1/s1. The van der Waals surface area contributed by atoms with E-state index in [9.17, 15) is 4.79 Å². The number of nitrogens with zero attached hydrogens (tertiary/aromatic N) is 1. The molecule has 0 unspecified atom stereocenters. The fourth-order valence-electron chi connectivity index (χ4n) is 2.96. The largest absolute Gasteiger partial charge is 0.373 e. The molecule has 2 aliphatic heterocycles. The summed E-state index contributed by atoms with van der Waals surface area (Å²) < 4.78 is 6.66. The van der Waals surface area contributed by atoms with Gasteiger partial charge in [-0.1, -0.05) is 12.1 Å². The van der Waals surface area contributed by atoms with Crippen molar-refractivity contribution >= 4 is 21.8 Å². The van der Waals surface area contributed by atoms with E-state index in [0.29, 0.717) is 18.2 Å². The molecule has 1 aromatic carbocycles. The Morgan fingerprint density at radius 3 is 3.15 bits per heavy atom. The molecule has 3 rings (SSSR count). The second-order valence-corrected chi connectivity index (χ2v) is 6.29. The molecule has 0 spiro atoms. The van der Waals surface area contributed by atoms with Crippen LogP contribution in [0.1, 0.15) is 23.2 Å². The Morgan fingerprint density at radius 1 is 1.45 bits per heavy atom. The van der Waals surface area contributed by atoms with Gasteiger partial charge < -0.3 is 10.1 Å². The quantitative estimate of drug-likeness (QED) is 0.916. The van der Waals surface area contributed by atoms with Gasteiger partial charge >= 0.3 is 0 Å². The molecule has 108 valence electrons. The van der Waals surface area contributed by atoms with E-state index in [0.717, 1.165) is 17.6 Å². The summed E-state index contributed by atoms with van der Waals surface area (Å²) in [4.78, 5) is 14.6. The summed E-state index contributed by atoms with van der Waals surface area (Å²) in [6.45, 7) is 3.47. The van der Waals surface area contributed by atoms with Crippen LogP contribution >= 0.6 is 15.9 Å². The lowest BCUT2D eigenvalue weighted by molar-refractivity contribution is -0.0461. The number of benzene rings is 1. The normalized spacial score (nSPS) is 26.2. The summed E-state index contributed by atoms with van der Waals surface area (Å²) in [5.74, 6) is -0.0513. The van der Waals surface area contributed by atoms with Crippen LogP contribution in [0, 0.1) is 0 Å². The monoisotopic (exact) mass is 338 g/mol. The van der Waals surface area contributed by atoms with E-state index in [4.69, 9.17) is 4.74 Å². The number of ether oxygens (including phenoxy) is 1. The highest BCUT2D eigenvalue weighted by molar-refractivity contribution is 9.10. The Balaban J connectivity index is 1.52. The van der Waals surface area contributed by atoms with E-state index in [-0.39, 0.29) is 12.0 Å². The van der Waals surface area contributed by atoms with Crippen LogP contribution < -0.4 is 5.32 Å². The number of amides is 1. The van der Waals surface area contributed by atoms with Crippen molar-refractivity contribution in [2.24, 2.45) is 0 Å². The van der Waals surface area contributed by atoms with Crippen LogP contribution in [0.2, 0.25) is 0 Å². The fraction of sp³-hybridized carbons (Fsp3) is 0.533. The molecule has 0 saturated carbocycles. The van der Waals surface area contributed by atoms with Crippen LogP contribution in [0.3, 0.4) is 0 Å². The molecule has 0 aromatic heterocycles. The Morgan fingerprint density at radius 2 is 2.30 bits per heavy atom. The highest BCUT2D eigenvalue weighted by Crippen LogP contribution is 2.22. The summed E-state index contributed by atoms with van der Waals surface area (Å²) in [6, 6.07) is 8.06. The van der Waals surface area contributed by atoms with E-state index in [2.05, 4.69) is 26.1 Å². The molecule has 20 heavy (non-hydrogen) atoms. The lowest BCUT2D eigenvalue weighted by Crippen LogP contribution is -2.50. The van der Waals surface area contributed by atoms with Gasteiger partial charge in [0.15, 0.2) is 0 Å². The Bertz CT molecular complexity index is 495. The number of carbonyl (C=O) groups excluding carboxylic acids is 1. The smallest absolute Gasteiger partial charge is 0.252 e. The third-order valence-electron chi connectivity index (χ3n) is 4.07. The van der Waals surface area contributed by atoms with Gasteiger partial charge in [0.2, 0.25) is 0 Å². The van der Waals surface area contributed by atoms with Crippen LogP contribution in [0.15, 0.2) is 28.7 Å². The zero-order valence-corrected chi connectivity index (χ0v) is 12.9. The number of rotatable bonds is 3. The van der Waals surface area contributed by atoms with Crippen molar-refractivity contribution in [1.82, 2.24) is 10.2 Å². The molecule has 2 heterocycles. The van der Waals surface area contributed by atoms with Gasteiger partial charge in [0.05, 0.1) is 18.3 Å². The van der Waals surface area contributed by atoms with Crippen molar-refractivity contribution in [3.8, 4) is 0 Å². The van der Waals surface area contributed by atoms with Gasteiger partial charge in [-0.2, -0.15) is 0 Å². The van der Waals surface area contributed by atoms with E-state index < -0.39 is 0 Å². The van der Waals surface area contributed by atoms with Crippen molar-refractivity contribution in [2.75, 3.05) is 26.2 Å². The first-order valence-electron chi connectivity index (χ1n) is 7.12. The van der Waals surface area contributed by atoms with Gasteiger partial charge in [-0.05, 0) is 47.4 Å². The molecule has 1 amide bonds. The van der Waals surface area contributed by atoms with E-state index in [1.54, 1.807) is 0 Å². The lowest BCUT2D eigenvalue weighted by Gasteiger charge is -2.35. The Labute approximate surface area is 127 Å². The maximum atomic E-state index is 12.1. The first kappa shape index (κ1) is 14.0. The van der Waals surface area contributed by atoms with Crippen LogP contribution in [0.5, 0.6) is 0 Å². The van der Waals surface area contributed by atoms with Crippen LogP contribution in [0.25, 0.3) is 0 Å². The first-order valence-corrected chi connectivity index (χ1v) is 7.92. The minimum atomic E-state index is -0.0513. The third-order valence-corrected chi connectivity index (χ3v) is 4.76. The van der Waals surface area contributed by atoms with Gasteiger partial charge in [-0.25, -0.2) is 0 Å². The maximum Gasteiger partial charge on any atom is 0.252 e. The zero-order chi connectivity index (χ0) is 13.9. The average molecular weight is 339 g/mol. The van der Waals surface area contributed by atoms with Crippen LogP contribution in [0.4, 0.5) is 0 Å². The summed E-state index contributed by atoms with van der Waals surface area (Å²) in [7, 11) is 0. The molecule has 2 aliphatic rings. The van der Waals surface area contributed by atoms with E-state index in [1.807, 2.05) is 24.3 Å². The first-order chi connectivity index (χ1) is 9.74. The Kier molecular flexibility index (Phi) is 4.38. The minimum absolute atomic E-state index is 0.0513. The third kappa shape index (κ3) is 3.05. The minimum Gasteiger partial charge on any atom is -0.373 e. The molecule has 2 fully saturated rings. The Hall–Kier alpha value is -0.910. The highest BCUT2D eigenvalue weighted by atomic mass is 79.9. The molecule has 1 N–H and O–H groups in total. The predicted molar refractivity (Wildman–Crippen MR) is 80.8 cm³/mol. The summed E-state index contributed by atoms with van der Waals surface area (Å²) >= 11 is 3.40. The van der Waals surface area contributed by atoms with Crippen molar-refractivity contribution in [2.45, 2.75) is 25.0 Å². The average Bonchev–Trinajstić information content (AvgIpc) is 2.92. The van der Waals surface area contributed by atoms with Gasteiger partial charge in [0.1, 0.15) is 0 Å². The number of nitrogens with one attached hydrogen (secondary N) is 1. The summed E-state index contributed by atoms with van der Waals surface area (Å²) in [5.41, 5.74) is 0.669. The number of hydrogen-bond donors (Lipinski definition) is 1. The molecule has 1 aromatic rings. The molecule has 5 heteroatoms. The van der Waals surface area contributed by atoms with Crippen molar-refractivity contribution in [1.29, 1.82) is 0 Å². The summed E-state index contributed by atoms with van der Waals surface area (Å²) in [5, 5.41) is 2.97. The number of carbonyl (C=O) groups is 1. The van der Waals surface area contributed by atoms with E-state index in [1.165, 1.54) is 19.4 Å².